The van der Waals surface area contributed by atoms with Crippen molar-refractivity contribution in [2.45, 2.75) is 14.7 Å². The van der Waals surface area contributed by atoms with Gasteiger partial charge in [0.15, 0.2) is 5.75 Å². The van der Waals surface area contributed by atoms with E-state index < -0.39 is 67.3 Å². The first-order chi connectivity index (χ1) is 23.5. The average Bonchev–Trinajstić information content (AvgIpc) is 3.06. The van der Waals surface area contributed by atoms with Crippen LogP contribution in [0.2, 0.25) is 0 Å². The van der Waals surface area contributed by atoms with Gasteiger partial charge in [0.1, 0.15) is 26.9 Å². The van der Waals surface area contributed by atoms with Crippen LogP contribution in [0.1, 0.15) is 0 Å². The lowest BCUT2D eigenvalue weighted by atomic mass is 10.1. The number of nitrogens with zero attached hydrogens (tertiary/aromatic N) is 4. The molecular weight excluding hydrogens is 713 g/mol. The van der Waals surface area contributed by atoms with E-state index in [0.29, 0.717) is 29.6 Å². The highest BCUT2D eigenvalue weighted by atomic mass is 32.2. The van der Waals surface area contributed by atoms with Crippen molar-refractivity contribution in [1.29, 1.82) is 0 Å². The molecule has 5 N–H and O–H groups in total. The van der Waals surface area contributed by atoms with Gasteiger partial charge >= 0.3 is 0 Å². The molecule has 0 spiro atoms. The molecule has 50 heavy (non-hydrogen) atoms. The summed E-state index contributed by atoms with van der Waals surface area (Å²) in [5.74, 6) is -1.19. The van der Waals surface area contributed by atoms with Gasteiger partial charge < -0.3 is 10.2 Å². The summed E-state index contributed by atoms with van der Waals surface area (Å²) in [6, 6.07) is 25.6. The number of benzene rings is 6. The molecule has 0 bridgehead atoms. The van der Waals surface area contributed by atoms with Crippen molar-refractivity contribution in [2.75, 3.05) is 0 Å². The Morgan fingerprint density at radius 3 is 1.56 bits per heavy atom. The maximum Gasteiger partial charge on any atom is 0.296 e. The summed E-state index contributed by atoms with van der Waals surface area (Å²) in [6.07, 6.45) is 0. The fraction of sp³-hybridized carbons (Fsp3) is 0. The van der Waals surface area contributed by atoms with E-state index in [9.17, 15) is 49.1 Å². The third-order valence-electron chi connectivity index (χ3n) is 7.42. The van der Waals surface area contributed by atoms with Crippen molar-refractivity contribution in [3.8, 4) is 22.6 Å². The van der Waals surface area contributed by atoms with Gasteiger partial charge in [-0.3, -0.25) is 13.7 Å². The Balaban J connectivity index is 1.31. The Hall–Kier alpha value is -5.63. The van der Waals surface area contributed by atoms with Gasteiger partial charge in [0, 0.05) is 10.8 Å². The number of hydrogen-bond donors (Lipinski definition) is 5. The molecule has 0 aliphatic heterocycles. The van der Waals surface area contributed by atoms with E-state index in [1.807, 2.05) is 24.3 Å². The molecule has 0 heterocycles. The zero-order chi connectivity index (χ0) is 36.0. The van der Waals surface area contributed by atoms with E-state index in [0.717, 1.165) is 21.9 Å². The number of fused-ring (bicyclic) bond motifs is 2. The van der Waals surface area contributed by atoms with Gasteiger partial charge in [0.25, 0.3) is 30.4 Å². The molecule has 0 saturated heterocycles. The number of phenolic OH excluding ortho intramolecular Hbond substituents is 2. The topological polar surface area (TPSA) is 253 Å². The van der Waals surface area contributed by atoms with Gasteiger partial charge in [-0.05, 0) is 70.4 Å². The number of aromatic hydroxyl groups is 2. The Morgan fingerprint density at radius 2 is 1.02 bits per heavy atom. The molecule has 254 valence electrons. The molecule has 0 saturated carbocycles. The molecule has 15 nitrogen and oxygen atoms in total. The van der Waals surface area contributed by atoms with E-state index in [1.165, 1.54) is 12.1 Å². The second-order valence-electron chi connectivity index (χ2n) is 10.7. The summed E-state index contributed by atoms with van der Waals surface area (Å²) in [5, 5.41) is 37.6. The van der Waals surface area contributed by atoms with Crippen LogP contribution in [0, 0.1) is 0 Å². The minimum absolute atomic E-state index is 0.0107. The van der Waals surface area contributed by atoms with Crippen molar-refractivity contribution in [2.24, 2.45) is 20.5 Å². The summed E-state index contributed by atoms with van der Waals surface area (Å²) in [5.41, 5.74) is 1.55. The third kappa shape index (κ3) is 6.92. The molecular formula is C32H22N4O11S3. The largest absolute Gasteiger partial charge is 0.506 e. The molecule has 0 radical (unpaired) electrons. The number of phenols is 2. The summed E-state index contributed by atoms with van der Waals surface area (Å²) < 4.78 is 101. The van der Waals surface area contributed by atoms with E-state index in [-0.39, 0.29) is 11.4 Å². The quantitative estimate of drug-likeness (QED) is 0.0750. The van der Waals surface area contributed by atoms with Crippen LogP contribution in [-0.4, -0.2) is 49.1 Å². The van der Waals surface area contributed by atoms with Gasteiger partial charge in [-0.25, -0.2) is 0 Å². The smallest absolute Gasteiger partial charge is 0.296 e. The Kier molecular flexibility index (Phi) is 8.68. The first-order valence-electron chi connectivity index (χ1n) is 14.0. The fourth-order valence-electron chi connectivity index (χ4n) is 5.07. The number of rotatable bonds is 8. The van der Waals surface area contributed by atoms with E-state index in [4.69, 9.17) is 0 Å². The normalized spacial score (nSPS) is 12.8. The van der Waals surface area contributed by atoms with Crippen molar-refractivity contribution >= 4 is 74.6 Å². The van der Waals surface area contributed by atoms with Crippen LogP contribution in [-0.2, 0) is 30.4 Å². The Bertz CT molecular complexity index is 2730. The highest BCUT2D eigenvalue weighted by Gasteiger charge is 2.28. The predicted octanol–water partition coefficient (Wildman–Crippen LogP) is 7.64. The van der Waals surface area contributed by atoms with Crippen molar-refractivity contribution in [1.82, 2.24) is 0 Å². The van der Waals surface area contributed by atoms with Gasteiger partial charge in [-0.15, -0.1) is 10.2 Å². The van der Waals surface area contributed by atoms with Crippen molar-refractivity contribution in [3.05, 3.63) is 103 Å². The highest BCUT2D eigenvalue weighted by Crippen LogP contribution is 2.45. The molecule has 6 rings (SSSR count). The van der Waals surface area contributed by atoms with Crippen LogP contribution in [0.3, 0.4) is 0 Å². The standard InChI is InChI=1S/C32H22N4O11S3/c37-26-14-9-20-3-1-2-4-25(20)30(26)35-33-22-10-5-18(6-11-22)19-7-12-23(13-8-19)34-36-31-28(50(45,46)47)16-21-15-24(48(39,40)41)17-27(49(42,43)44)29(21)32(31)38/h1-17,37-38H,(H,39,40,41)(H,42,43,44)(H,45,46,47). The lowest BCUT2D eigenvalue weighted by Crippen LogP contribution is -2.06. The van der Waals surface area contributed by atoms with Gasteiger partial charge in [0.2, 0.25) is 0 Å². The fourth-order valence-corrected chi connectivity index (χ4v) is 7.10. The monoisotopic (exact) mass is 734 g/mol. The van der Waals surface area contributed by atoms with Crippen LogP contribution in [0.15, 0.2) is 138 Å². The molecule has 0 aromatic heterocycles. The molecule has 0 fully saturated rings. The zero-order valence-corrected chi connectivity index (χ0v) is 27.5. The zero-order valence-electron chi connectivity index (χ0n) is 25.0. The molecule has 0 aliphatic carbocycles. The molecule has 0 aliphatic rings. The molecule has 18 heteroatoms. The average molecular weight is 735 g/mol. The van der Waals surface area contributed by atoms with Gasteiger partial charge in [0.05, 0.1) is 16.3 Å². The second-order valence-corrected chi connectivity index (χ2v) is 14.9. The first-order valence-corrected chi connectivity index (χ1v) is 18.3. The molecule has 0 amide bonds. The highest BCUT2D eigenvalue weighted by molar-refractivity contribution is 7.87. The van der Waals surface area contributed by atoms with Crippen LogP contribution < -0.4 is 0 Å². The molecule has 6 aromatic carbocycles. The molecule has 0 atom stereocenters. The SMILES string of the molecule is O=S(=O)(O)c1cc(S(=O)(=O)O)c2c(O)c(N=Nc3ccc(-c4ccc(N=Nc5c(O)ccc6ccccc56)cc4)cc3)c(S(=O)(=O)O)cc2c1. The van der Waals surface area contributed by atoms with E-state index in [2.05, 4.69) is 20.5 Å². The minimum atomic E-state index is -5.27. The minimum Gasteiger partial charge on any atom is -0.506 e. The van der Waals surface area contributed by atoms with Crippen molar-refractivity contribution in [3.63, 3.8) is 0 Å². The summed E-state index contributed by atoms with van der Waals surface area (Å²) in [4.78, 5) is -3.32. The van der Waals surface area contributed by atoms with Crippen LogP contribution in [0.25, 0.3) is 32.7 Å². The Morgan fingerprint density at radius 1 is 0.480 bits per heavy atom. The van der Waals surface area contributed by atoms with Gasteiger partial charge in [-0.1, -0.05) is 54.6 Å². The predicted molar refractivity (Wildman–Crippen MR) is 181 cm³/mol. The van der Waals surface area contributed by atoms with Crippen LogP contribution in [0.5, 0.6) is 11.5 Å². The molecule has 0 unspecified atom stereocenters. The lowest BCUT2D eigenvalue weighted by Gasteiger charge is -2.12. The van der Waals surface area contributed by atoms with E-state index >= 15 is 0 Å². The first kappa shape index (κ1) is 34.2. The summed E-state index contributed by atoms with van der Waals surface area (Å²) >= 11 is 0. The van der Waals surface area contributed by atoms with Crippen LogP contribution >= 0.6 is 0 Å². The van der Waals surface area contributed by atoms with Gasteiger partial charge in [-0.2, -0.15) is 35.5 Å². The van der Waals surface area contributed by atoms with Crippen LogP contribution in [0.4, 0.5) is 22.7 Å². The maximum absolute atomic E-state index is 12.2. The maximum atomic E-state index is 12.2. The summed E-state index contributed by atoms with van der Waals surface area (Å²) in [6.45, 7) is 0. The third-order valence-corrected chi connectivity index (χ3v) is 10.00. The Labute approximate surface area is 283 Å². The van der Waals surface area contributed by atoms with Crippen molar-refractivity contribution < 1.29 is 49.1 Å². The number of azo groups is 2. The van der Waals surface area contributed by atoms with E-state index in [1.54, 1.807) is 48.5 Å². The lowest BCUT2D eigenvalue weighted by molar-refractivity contribution is 0.469. The summed E-state index contributed by atoms with van der Waals surface area (Å²) in [7, 11) is -15.5. The molecule has 6 aromatic rings. The number of hydrogen-bond acceptors (Lipinski definition) is 12. The second kappa shape index (κ2) is 12.7.